The van der Waals surface area contributed by atoms with E-state index in [0.717, 1.165) is 36.4 Å². The van der Waals surface area contributed by atoms with Crippen LogP contribution < -0.4 is 0 Å². The number of thiophene rings is 1. The molecule has 0 radical (unpaired) electrons. The second-order valence-electron chi connectivity index (χ2n) is 7.34. The monoisotopic (exact) mass is 422 g/mol. The summed E-state index contributed by atoms with van der Waals surface area (Å²) in [6.07, 6.45) is -0.981. The zero-order valence-corrected chi connectivity index (χ0v) is 17.0. The molecule has 1 atom stereocenters. The molecule has 4 heterocycles. The normalized spacial score (nSPS) is 17.8. The number of likely N-dealkylation sites (tertiary alicyclic amines) is 1. The number of rotatable bonds is 3. The van der Waals surface area contributed by atoms with Crippen molar-refractivity contribution in [2.75, 3.05) is 13.1 Å². The maximum atomic E-state index is 13.1. The highest BCUT2D eigenvalue weighted by Crippen LogP contribution is 2.32. The molecule has 1 fully saturated rings. The van der Waals surface area contributed by atoms with E-state index in [1.807, 2.05) is 13.0 Å². The zero-order chi connectivity index (χ0) is 20.8. The van der Waals surface area contributed by atoms with Crippen LogP contribution in [0.1, 0.15) is 57.2 Å². The molecule has 0 aromatic carbocycles. The van der Waals surface area contributed by atoms with Crippen molar-refractivity contribution in [2.45, 2.75) is 45.2 Å². The fourth-order valence-electron chi connectivity index (χ4n) is 3.86. The van der Waals surface area contributed by atoms with Gasteiger partial charge in [0.1, 0.15) is 5.82 Å². The summed E-state index contributed by atoms with van der Waals surface area (Å²) < 4.78 is 40.7. The number of piperidine rings is 1. The Morgan fingerprint density at radius 3 is 2.79 bits per heavy atom. The minimum Gasteiger partial charge on any atom is -0.337 e. The molecule has 9 heteroatoms. The number of fused-ring (bicyclic) bond motifs is 1. The molecule has 4 rings (SSSR count). The molecule has 154 valence electrons. The Labute approximate surface area is 170 Å². The van der Waals surface area contributed by atoms with E-state index in [9.17, 15) is 18.0 Å². The number of alkyl halides is 3. The van der Waals surface area contributed by atoms with Crippen LogP contribution in [0.4, 0.5) is 13.2 Å². The van der Waals surface area contributed by atoms with Crippen LogP contribution in [-0.2, 0) is 12.6 Å². The lowest BCUT2D eigenvalue weighted by Gasteiger charge is -2.31. The van der Waals surface area contributed by atoms with Gasteiger partial charge in [-0.1, -0.05) is 6.92 Å². The predicted octanol–water partition coefficient (Wildman–Crippen LogP) is 4.70. The third-order valence-corrected chi connectivity index (χ3v) is 6.52. The summed E-state index contributed by atoms with van der Waals surface area (Å²) in [5.41, 5.74) is 0.809. The van der Waals surface area contributed by atoms with E-state index in [-0.39, 0.29) is 11.8 Å². The number of nitrogens with zero attached hydrogens (tertiary/aromatic N) is 4. The summed E-state index contributed by atoms with van der Waals surface area (Å²) in [6, 6.07) is 4.29. The van der Waals surface area contributed by atoms with Gasteiger partial charge in [0.05, 0.1) is 10.4 Å². The van der Waals surface area contributed by atoms with E-state index in [4.69, 9.17) is 0 Å². The number of aromatic nitrogens is 3. The molecule has 3 aromatic heterocycles. The molecule has 1 unspecified atom stereocenters. The first-order chi connectivity index (χ1) is 13.8. The van der Waals surface area contributed by atoms with Gasteiger partial charge in [0.2, 0.25) is 0 Å². The number of carbonyl (C=O) groups is 1. The number of halogens is 3. The second-order valence-corrected chi connectivity index (χ2v) is 8.59. The van der Waals surface area contributed by atoms with Crippen molar-refractivity contribution in [3.8, 4) is 0 Å². The smallest absolute Gasteiger partial charge is 0.337 e. The minimum atomic E-state index is -4.43. The molecule has 5 nitrogen and oxygen atoms in total. The molecule has 1 amide bonds. The highest BCUT2D eigenvalue weighted by molar-refractivity contribution is 7.14. The van der Waals surface area contributed by atoms with Crippen LogP contribution in [0.2, 0.25) is 0 Å². The molecule has 3 aromatic rings. The van der Waals surface area contributed by atoms with E-state index in [2.05, 4.69) is 17.1 Å². The van der Waals surface area contributed by atoms with E-state index in [1.54, 1.807) is 4.90 Å². The van der Waals surface area contributed by atoms with Gasteiger partial charge in [-0.15, -0.1) is 21.5 Å². The quantitative estimate of drug-likeness (QED) is 0.615. The fraction of sp³-hybridized carbons (Fsp3) is 0.450. The van der Waals surface area contributed by atoms with Gasteiger partial charge in [-0.3, -0.25) is 9.20 Å². The summed E-state index contributed by atoms with van der Waals surface area (Å²) in [6.45, 7) is 5.14. The van der Waals surface area contributed by atoms with Crippen molar-refractivity contribution in [1.29, 1.82) is 0 Å². The van der Waals surface area contributed by atoms with Crippen molar-refractivity contribution in [2.24, 2.45) is 0 Å². The summed E-state index contributed by atoms with van der Waals surface area (Å²) in [4.78, 5) is 16.6. The SMILES string of the molecule is CCc1cc(C(=O)N2CCCC(c3nnc4ccc(C(F)(F)F)cn34)C2)sc1C. The molecule has 1 aliphatic heterocycles. The van der Waals surface area contributed by atoms with Gasteiger partial charge in [-0.25, -0.2) is 0 Å². The molecule has 0 N–H and O–H groups in total. The number of hydrogen-bond donors (Lipinski definition) is 0. The summed E-state index contributed by atoms with van der Waals surface area (Å²) in [5, 5.41) is 8.17. The van der Waals surface area contributed by atoms with Crippen LogP contribution in [0.5, 0.6) is 0 Å². The Morgan fingerprint density at radius 1 is 1.31 bits per heavy atom. The Kier molecular flexibility index (Phi) is 5.10. The third-order valence-electron chi connectivity index (χ3n) is 5.44. The molecule has 0 bridgehead atoms. The first-order valence-corrected chi connectivity index (χ1v) is 10.4. The minimum absolute atomic E-state index is 0.0210. The summed E-state index contributed by atoms with van der Waals surface area (Å²) >= 11 is 1.50. The van der Waals surface area contributed by atoms with E-state index < -0.39 is 11.7 Å². The first kappa shape index (κ1) is 19.9. The fourth-order valence-corrected chi connectivity index (χ4v) is 4.94. The third kappa shape index (κ3) is 3.75. The first-order valence-electron chi connectivity index (χ1n) is 9.58. The van der Waals surface area contributed by atoms with Crippen LogP contribution >= 0.6 is 11.3 Å². The van der Waals surface area contributed by atoms with Gasteiger partial charge in [0.25, 0.3) is 5.91 Å². The Hall–Kier alpha value is -2.42. The predicted molar refractivity (Wildman–Crippen MR) is 104 cm³/mol. The maximum absolute atomic E-state index is 13.1. The van der Waals surface area contributed by atoms with E-state index >= 15 is 0 Å². The molecule has 0 saturated carbocycles. The van der Waals surface area contributed by atoms with Crippen LogP contribution in [0.25, 0.3) is 5.65 Å². The van der Waals surface area contributed by atoms with Gasteiger partial charge in [0, 0.05) is 30.1 Å². The van der Waals surface area contributed by atoms with Crippen LogP contribution in [-0.4, -0.2) is 38.5 Å². The summed E-state index contributed by atoms with van der Waals surface area (Å²) in [5.74, 6) is 0.297. The molecule has 1 saturated heterocycles. The summed E-state index contributed by atoms with van der Waals surface area (Å²) in [7, 11) is 0. The molecular formula is C20H21F3N4OS. The van der Waals surface area contributed by atoms with Crippen molar-refractivity contribution in [1.82, 2.24) is 19.5 Å². The lowest BCUT2D eigenvalue weighted by molar-refractivity contribution is -0.137. The van der Waals surface area contributed by atoms with Gasteiger partial charge in [-0.05, 0) is 49.9 Å². The number of carbonyl (C=O) groups excluding carboxylic acids is 1. The van der Waals surface area contributed by atoms with Crippen LogP contribution in [0.3, 0.4) is 0 Å². The Morgan fingerprint density at radius 2 is 2.10 bits per heavy atom. The van der Waals surface area contributed by atoms with Gasteiger partial charge >= 0.3 is 6.18 Å². The largest absolute Gasteiger partial charge is 0.417 e. The van der Waals surface area contributed by atoms with Crippen molar-refractivity contribution in [3.63, 3.8) is 0 Å². The highest BCUT2D eigenvalue weighted by atomic mass is 32.1. The van der Waals surface area contributed by atoms with Crippen molar-refractivity contribution < 1.29 is 18.0 Å². The zero-order valence-electron chi connectivity index (χ0n) is 16.2. The van der Waals surface area contributed by atoms with Gasteiger partial charge in [-0.2, -0.15) is 13.2 Å². The van der Waals surface area contributed by atoms with E-state index in [1.165, 1.54) is 27.4 Å². The standard InChI is InChI=1S/C20H21F3N4OS/c1-3-13-9-16(29-12(13)2)19(28)26-8-4-5-14(10-26)18-25-24-17-7-6-15(11-27(17)18)20(21,22)23/h6-7,9,11,14H,3-5,8,10H2,1-2H3. The lowest BCUT2D eigenvalue weighted by atomic mass is 9.97. The van der Waals surface area contributed by atoms with Crippen LogP contribution in [0.15, 0.2) is 24.4 Å². The highest BCUT2D eigenvalue weighted by Gasteiger charge is 2.33. The van der Waals surface area contributed by atoms with Gasteiger partial charge in [0.15, 0.2) is 5.65 Å². The van der Waals surface area contributed by atoms with E-state index in [0.29, 0.717) is 29.4 Å². The molecule has 1 aliphatic rings. The molecular weight excluding hydrogens is 401 g/mol. The number of pyridine rings is 1. The number of hydrogen-bond acceptors (Lipinski definition) is 4. The van der Waals surface area contributed by atoms with Crippen molar-refractivity contribution >= 4 is 22.9 Å². The maximum Gasteiger partial charge on any atom is 0.417 e. The lowest BCUT2D eigenvalue weighted by Crippen LogP contribution is -2.39. The molecule has 0 spiro atoms. The average Bonchev–Trinajstić information content (AvgIpc) is 3.29. The second kappa shape index (κ2) is 7.44. The average molecular weight is 422 g/mol. The van der Waals surface area contributed by atoms with Crippen LogP contribution in [0, 0.1) is 6.92 Å². The Balaban J connectivity index is 1.60. The Bertz CT molecular complexity index is 1060. The van der Waals surface area contributed by atoms with Gasteiger partial charge < -0.3 is 4.90 Å². The number of aryl methyl sites for hydroxylation is 2. The molecule has 29 heavy (non-hydrogen) atoms. The molecule has 0 aliphatic carbocycles. The van der Waals surface area contributed by atoms with Crippen molar-refractivity contribution in [3.05, 3.63) is 51.1 Å². The topological polar surface area (TPSA) is 50.5 Å². The number of amides is 1.